The third-order valence-electron chi connectivity index (χ3n) is 3.72. The number of benzene rings is 3. The van der Waals surface area contributed by atoms with Crippen molar-refractivity contribution in [2.75, 3.05) is 25.6 Å². The monoisotopic (exact) mass is 321 g/mol. The van der Waals surface area contributed by atoms with E-state index < -0.39 is 0 Å². The average Bonchev–Trinajstić information content (AvgIpc) is 2.65. The van der Waals surface area contributed by atoms with Crippen LogP contribution in [0.3, 0.4) is 0 Å². The van der Waals surface area contributed by atoms with Gasteiger partial charge in [-0.15, -0.1) is 0 Å². The number of hydrogen-bond donors (Lipinski definition) is 1. The van der Waals surface area contributed by atoms with Crippen LogP contribution in [-0.2, 0) is 4.74 Å². The molecule has 4 nitrogen and oxygen atoms in total. The highest BCUT2D eigenvalue weighted by molar-refractivity contribution is 5.90. The van der Waals surface area contributed by atoms with Gasteiger partial charge in [-0.1, -0.05) is 42.5 Å². The second-order valence-electron chi connectivity index (χ2n) is 5.32. The second-order valence-corrected chi connectivity index (χ2v) is 5.32. The van der Waals surface area contributed by atoms with Crippen molar-refractivity contribution in [2.24, 2.45) is 0 Å². The molecule has 0 fully saturated rings. The van der Waals surface area contributed by atoms with E-state index in [2.05, 4.69) is 23.5 Å². The fourth-order valence-corrected chi connectivity index (χ4v) is 2.55. The molecule has 1 N–H and O–H groups in total. The summed E-state index contributed by atoms with van der Waals surface area (Å²) in [6, 6.07) is 21.4. The first-order chi connectivity index (χ1) is 11.8. The molecule has 24 heavy (non-hydrogen) atoms. The Morgan fingerprint density at radius 3 is 2.67 bits per heavy atom. The van der Waals surface area contributed by atoms with Crippen LogP contribution in [0.25, 0.3) is 10.8 Å². The number of methoxy groups -OCH3 is 1. The van der Waals surface area contributed by atoms with E-state index in [1.54, 1.807) is 12.1 Å². The van der Waals surface area contributed by atoms with Gasteiger partial charge in [-0.05, 0) is 29.7 Å². The van der Waals surface area contributed by atoms with E-state index in [0.29, 0.717) is 18.7 Å². The molecule has 0 heterocycles. The first-order valence-corrected chi connectivity index (χ1v) is 7.81. The van der Waals surface area contributed by atoms with Crippen LogP contribution in [0.15, 0.2) is 66.7 Å². The molecule has 0 amide bonds. The molecule has 0 aliphatic rings. The molecule has 0 radical (unpaired) electrons. The van der Waals surface area contributed by atoms with Gasteiger partial charge in [0.25, 0.3) is 0 Å². The maximum absolute atomic E-state index is 11.5. The average molecular weight is 321 g/mol. The molecule has 0 aliphatic carbocycles. The summed E-state index contributed by atoms with van der Waals surface area (Å²) >= 11 is 0. The molecule has 0 aromatic heterocycles. The minimum atomic E-state index is -0.342. The van der Waals surface area contributed by atoms with Crippen LogP contribution in [0.4, 0.5) is 5.69 Å². The SMILES string of the molecule is COC(=O)c1cccc(NCCOc2cccc3ccccc23)c1. The van der Waals surface area contributed by atoms with Crippen molar-refractivity contribution in [3.8, 4) is 5.75 Å². The lowest BCUT2D eigenvalue weighted by atomic mass is 10.1. The third-order valence-corrected chi connectivity index (χ3v) is 3.72. The van der Waals surface area contributed by atoms with Gasteiger partial charge in [-0.25, -0.2) is 4.79 Å². The largest absolute Gasteiger partial charge is 0.491 e. The van der Waals surface area contributed by atoms with E-state index in [4.69, 9.17) is 9.47 Å². The Bertz CT molecular complexity index is 840. The van der Waals surface area contributed by atoms with E-state index in [1.165, 1.54) is 7.11 Å². The zero-order chi connectivity index (χ0) is 16.8. The first-order valence-electron chi connectivity index (χ1n) is 7.81. The van der Waals surface area contributed by atoms with Gasteiger partial charge < -0.3 is 14.8 Å². The van der Waals surface area contributed by atoms with E-state index in [1.807, 2.05) is 36.4 Å². The molecule has 0 saturated carbocycles. The summed E-state index contributed by atoms with van der Waals surface area (Å²) in [6.07, 6.45) is 0. The van der Waals surface area contributed by atoms with Crippen LogP contribution in [0.1, 0.15) is 10.4 Å². The molecule has 0 spiro atoms. The highest BCUT2D eigenvalue weighted by Crippen LogP contribution is 2.25. The normalized spacial score (nSPS) is 10.4. The number of ether oxygens (including phenoxy) is 2. The number of hydrogen-bond acceptors (Lipinski definition) is 4. The maximum Gasteiger partial charge on any atom is 0.337 e. The molecule has 0 bridgehead atoms. The van der Waals surface area contributed by atoms with Crippen molar-refractivity contribution >= 4 is 22.4 Å². The Balaban J connectivity index is 1.58. The Labute approximate surface area is 141 Å². The summed E-state index contributed by atoms with van der Waals surface area (Å²) in [7, 11) is 1.38. The lowest BCUT2D eigenvalue weighted by Crippen LogP contribution is -2.12. The summed E-state index contributed by atoms with van der Waals surface area (Å²) < 4.78 is 10.6. The van der Waals surface area contributed by atoms with Crippen LogP contribution in [0.5, 0.6) is 5.75 Å². The van der Waals surface area contributed by atoms with Crippen LogP contribution in [-0.4, -0.2) is 26.2 Å². The predicted molar refractivity (Wildman–Crippen MR) is 95.7 cm³/mol. The Morgan fingerprint density at radius 1 is 1.00 bits per heavy atom. The number of rotatable bonds is 6. The van der Waals surface area contributed by atoms with Crippen LogP contribution >= 0.6 is 0 Å². The molecule has 3 aromatic rings. The van der Waals surface area contributed by atoms with E-state index in [0.717, 1.165) is 22.2 Å². The van der Waals surface area contributed by atoms with Gasteiger partial charge in [0.15, 0.2) is 0 Å². The summed E-state index contributed by atoms with van der Waals surface area (Å²) in [5.74, 6) is 0.531. The fraction of sp³-hybridized carbons (Fsp3) is 0.150. The molecule has 0 saturated heterocycles. The molecule has 4 heteroatoms. The molecular formula is C20H19NO3. The van der Waals surface area contributed by atoms with Gasteiger partial charge in [0.1, 0.15) is 12.4 Å². The van der Waals surface area contributed by atoms with E-state index >= 15 is 0 Å². The minimum absolute atomic E-state index is 0.342. The number of esters is 1. The molecule has 0 unspecified atom stereocenters. The molecule has 0 aliphatic heterocycles. The maximum atomic E-state index is 11.5. The summed E-state index contributed by atoms with van der Waals surface area (Å²) in [5, 5.41) is 5.51. The predicted octanol–water partition coefficient (Wildman–Crippen LogP) is 4.12. The quantitative estimate of drug-likeness (QED) is 0.548. The Kier molecular flexibility index (Phi) is 4.96. The number of carbonyl (C=O) groups is 1. The van der Waals surface area contributed by atoms with Crippen molar-refractivity contribution in [1.82, 2.24) is 0 Å². The van der Waals surface area contributed by atoms with Crippen molar-refractivity contribution in [1.29, 1.82) is 0 Å². The van der Waals surface area contributed by atoms with Gasteiger partial charge in [-0.2, -0.15) is 0 Å². The second kappa shape index (κ2) is 7.51. The smallest absolute Gasteiger partial charge is 0.337 e. The molecule has 0 atom stereocenters. The summed E-state index contributed by atoms with van der Waals surface area (Å²) in [6.45, 7) is 1.16. The van der Waals surface area contributed by atoms with Gasteiger partial charge in [-0.3, -0.25) is 0 Å². The van der Waals surface area contributed by atoms with Crippen LogP contribution in [0, 0.1) is 0 Å². The highest BCUT2D eigenvalue weighted by atomic mass is 16.5. The fourth-order valence-electron chi connectivity index (χ4n) is 2.55. The standard InChI is InChI=1S/C20H19NO3/c1-23-20(22)16-8-4-9-17(14-16)21-12-13-24-19-11-5-7-15-6-2-3-10-18(15)19/h2-11,14,21H,12-13H2,1H3. The topological polar surface area (TPSA) is 47.6 Å². The molecule has 122 valence electrons. The number of fused-ring (bicyclic) bond motifs is 1. The van der Waals surface area contributed by atoms with Crippen molar-refractivity contribution in [3.05, 3.63) is 72.3 Å². The summed E-state index contributed by atoms with van der Waals surface area (Å²) in [5.41, 5.74) is 1.39. The Morgan fingerprint density at radius 2 is 1.79 bits per heavy atom. The summed E-state index contributed by atoms with van der Waals surface area (Å²) in [4.78, 5) is 11.5. The molecule has 3 rings (SSSR count). The van der Waals surface area contributed by atoms with E-state index in [-0.39, 0.29) is 5.97 Å². The van der Waals surface area contributed by atoms with Crippen molar-refractivity contribution in [2.45, 2.75) is 0 Å². The Hall–Kier alpha value is -3.01. The van der Waals surface area contributed by atoms with Crippen molar-refractivity contribution in [3.63, 3.8) is 0 Å². The van der Waals surface area contributed by atoms with Gasteiger partial charge >= 0.3 is 5.97 Å². The highest BCUT2D eigenvalue weighted by Gasteiger charge is 2.05. The van der Waals surface area contributed by atoms with E-state index in [9.17, 15) is 4.79 Å². The lowest BCUT2D eigenvalue weighted by molar-refractivity contribution is 0.0601. The zero-order valence-electron chi connectivity index (χ0n) is 13.5. The van der Waals surface area contributed by atoms with Crippen LogP contribution < -0.4 is 10.1 Å². The first kappa shape index (κ1) is 15.9. The number of anilines is 1. The lowest BCUT2D eigenvalue weighted by Gasteiger charge is -2.11. The van der Waals surface area contributed by atoms with Gasteiger partial charge in [0.2, 0.25) is 0 Å². The molecule has 3 aromatic carbocycles. The van der Waals surface area contributed by atoms with Crippen molar-refractivity contribution < 1.29 is 14.3 Å². The number of carbonyl (C=O) groups excluding carboxylic acids is 1. The third kappa shape index (κ3) is 3.66. The zero-order valence-corrected chi connectivity index (χ0v) is 13.5. The number of nitrogens with one attached hydrogen (secondary N) is 1. The molecular weight excluding hydrogens is 302 g/mol. The van der Waals surface area contributed by atoms with Gasteiger partial charge in [0, 0.05) is 17.6 Å². The minimum Gasteiger partial charge on any atom is -0.491 e. The van der Waals surface area contributed by atoms with Crippen LogP contribution in [0.2, 0.25) is 0 Å². The van der Waals surface area contributed by atoms with Gasteiger partial charge in [0.05, 0.1) is 12.7 Å².